The van der Waals surface area contributed by atoms with Gasteiger partial charge in [0.2, 0.25) is 0 Å². The van der Waals surface area contributed by atoms with Gasteiger partial charge in [0.15, 0.2) is 11.9 Å². The van der Waals surface area contributed by atoms with Gasteiger partial charge in [-0.1, -0.05) is 36.4 Å². The summed E-state index contributed by atoms with van der Waals surface area (Å²) in [5, 5.41) is 1.75. The second kappa shape index (κ2) is 5.63. The number of Topliss-reactive ketones (excluding diaryl/α,β-unsaturated/α-hetero) is 1. The maximum Gasteiger partial charge on any atom is 0.415 e. The molecule has 20 heavy (non-hydrogen) atoms. The van der Waals surface area contributed by atoms with Gasteiger partial charge in [-0.3, -0.25) is 4.79 Å². The monoisotopic (exact) mass is 282 g/mol. The number of ketones is 1. The molecule has 0 aromatic heterocycles. The van der Waals surface area contributed by atoms with Crippen LogP contribution in [0.15, 0.2) is 42.5 Å². The molecular formula is C15H13F3O2. The third-order valence-electron chi connectivity index (χ3n) is 3.09. The highest BCUT2D eigenvalue weighted by atomic mass is 19.4. The van der Waals surface area contributed by atoms with E-state index in [2.05, 4.69) is 4.74 Å². The van der Waals surface area contributed by atoms with Gasteiger partial charge in [0.05, 0.1) is 0 Å². The third kappa shape index (κ3) is 3.17. The molecule has 0 spiro atoms. The van der Waals surface area contributed by atoms with Crippen molar-refractivity contribution < 1.29 is 22.7 Å². The van der Waals surface area contributed by atoms with Crippen LogP contribution in [-0.2, 0) is 4.74 Å². The Hall–Kier alpha value is -1.88. The molecule has 0 aliphatic rings. The summed E-state index contributed by atoms with van der Waals surface area (Å²) in [6, 6.07) is 12.2. The zero-order valence-corrected chi connectivity index (χ0v) is 10.8. The van der Waals surface area contributed by atoms with Crippen molar-refractivity contribution in [3.8, 4) is 0 Å². The molecule has 0 fully saturated rings. The number of benzene rings is 2. The molecular weight excluding hydrogens is 269 g/mol. The number of ether oxygens (including phenoxy) is 1. The van der Waals surface area contributed by atoms with E-state index in [1.165, 1.54) is 6.07 Å². The average molecular weight is 282 g/mol. The van der Waals surface area contributed by atoms with Crippen LogP contribution in [0.1, 0.15) is 16.8 Å². The number of methoxy groups -OCH3 is 1. The standard InChI is InChI=1S/C15H13F3O2/c1-20-14(15(16,17)18)9-13(19)12-7-6-10-4-2-3-5-11(10)8-12/h2-8,14H,9H2,1H3. The van der Waals surface area contributed by atoms with Gasteiger partial charge in [-0.05, 0) is 16.8 Å². The zero-order valence-electron chi connectivity index (χ0n) is 10.8. The Bertz CT molecular complexity index is 620. The lowest BCUT2D eigenvalue weighted by Crippen LogP contribution is -2.32. The topological polar surface area (TPSA) is 26.3 Å². The lowest BCUT2D eigenvalue weighted by molar-refractivity contribution is -0.211. The van der Waals surface area contributed by atoms with Crippen LogP contribution >= 0.6 is 0 Å². The molecule has 0 radical (unpaired) electrons. The molecule has 106 valence electrons. The molecule has 1 unspecified atom stereocenters. The molecule has 2 nitrogen and oxygen atoms in total. The molecule has 5 heteroatoms. The fourth-order valence-corrected chi connectivity index (χ4v) is 1.98. The number of alkyl halides is 3. The van der Waals surface area contributed by atoms with Crippen molar-refractivity contribution in [2.75, 3.05) is 7.11 Å². The number of carbonyl (C=O) groups excluding carboxylic acids is 1. The van der Waals surface area contributed by atoms with E-state index in [4.69, 9.17) is 0 Å². The summed E-state index contributed by atoms with van der Waals surface area (Å²) in [7, 11) is 0.950. The minimum Gasteiger partial charge on any atom is -0.372 e. The Kier molecular flexibility index (Phi) is 4.09. The van der Waals surface area contributed by atoms with Crippen LogP contribution in [0.3, 0.4) is 0 Å². The van der Waals surface area contributed by atoms with Gasteiger partial charge in [0.25, 0.3) is 0 Å². The number of carbonyl (C=O) groups is 1. The van der Waals surface area contributed by atoms with Crippen molar-refractivity contribution in [1.29, 1.82) is 0 Å². The molecule has 0 bridgehead atoms. The summed E-state index contributed by atoms with van der Waals surface area (Å²) in [6.07, 6.45) is -7.32. The van der Waals surface area contributed by atoms with Crippen molar-refractivity contribution in [2.24, 2.45) is 0 Å². The van der Waals surface area contributed by atoms with Crippen LogP contribution in [0.4, 0.5) is 13.2 Å². The van der Waals surface area contributed by atoms with Gasteiger partial charge >= 0.3 is 6.18 Å². The first-order chi connectivity index (χ1) is 9.41. The fourth-order valence-electron chi connectivity index (χ4n) is 1.98. The van der Waals surface area contributed by atoms with Crippen molar-refractivity contribution in [2.45, 2.75) is 18.7 Å². The van der Waals surface area contributed by atoms with Crippen LogP contribution < -0.4 is 0 Å². The third-order valence-corrected chi connectivity index (χ3v) is 3.09. The van der Waals surface area contributed by atoms with Gasteiger partial charge in [-0.2, -0.15) is 13.2 Å². The van der Waals surface area contributed by atoms with Gasteiger partial charge in [0.1, 0.15) is 0 Å². The second-order valence-corrected chi connectivity index (χ2v) is 4.46. The van der Waals surface area contributed by atoms with E-state index >= 15 is 0 Å². The Balaban J connectivity index is 2.23. The molecule has 0 saturated carbocycles. The Morgan fingerprint density at radius 2 is 1.80 bits per heavy atom. The van der Waals surface area contributed by atoms with E-state index < -0.39 is 24.5 Å². The highest BCUT2D eigenvalue weighted by Crippen LogP contribution is 2.26. The molecule has 0 saturated heterocycles. The maximum absolute atomic E-state index is 12.6. The first-order valence-electron chi connectivity index (χ1n) is 6.03. The number of rotatable bonds is 4. The van der Waals surface area contributed by atoms with Crippen LogP contribution in [-0.4, -0.2) is 25.2 Å². The normalized spacial score (nSPS) is 13.4. The molecule has 0 heterocycles. The Labute approximate surface area is 114 Å². The fraction of sp³-hybridized carbons (Fsp3) is 0.267. The maximum atomic E-state index is 12.6. The van der Waals surface area contributed by atoms with Gasteiger partial charge in [-0.15, -0.1) is 0 Å². The van der Waals surface area contributed by atoms with Crippen molar-refractivity contribution in [1.82, 2.24) is 0 Å². The van der Waals surface area contributed by atoms with E-state index in [0.717, 1.165) is 17.9 Å². The van der Waals surface area contributed by atoms with E-state index in [9.17, 15) is 18.0 Å². The molecule has 2 aromatic rings. The van der Waals surface area contributed by atoms with E-state index in [1.54, 1.807) is 12.1 Å². The largest absolute Gasteiger partial charge is 0.415 e. The Morgan fingerprint density at radius 1 is 1.15 bits per heavy atom. The highest BCUT2D eigenvalue weighted by molar-refractivity contribution is 6.00. The van der Waals surface area contributed by atoms with Crippen LogP contribution in [0.2, 0.25) is 0 Å². The van der Waals surface area contributed by atoms with Crippen LogP contribution in [0, 0.1) is 0 Å². The van der Waals surface area contributed by atoms with Crippen molar-refractivity contribution >= 4 is 16.6 Å². The first kappa shape index (κ1) is 14.5. The minimum absolute atomic E-state index is 0.259. The predicted octanol–water partition coefficient (Wildman–Crippen LogP) is 3.99. The Morgan fingerprint density at radius 3 is 2.40 bits per heavy atom. The van der Waals surface area contributed by atoms with E-state index in [-0.39, 0.29) is 5.56 Å². The molecule has 0 N–H and O–H groups in total. The lowest BCUT2D eigenvalue weighted by atomic mass is 10.0. The van der Waals surface area contributed by atoms with Crippen LogP contribution in [0.5, 0.6) is 0 Å². The molecule has 0 aliphatic heterocycles. The number of hydrogen-bond donors (Lipinski definition) is 0. The summed E-state index contributed by atoms with van der Waals surface area (Å²) >= 11 is 0. The smallest absolute Gasteiger partial charge is 0.372 e. The summed E-state index contributed by atoms with van der Waals surface area (Å²) in [4.78, 5) is 11.9. The SMILES string of the molecule is COC(CC(=O)c1ccc2ccccc2c1)C(F)(F)F. The second-order valence-electron chi connectivity index (χ2n) is 4.46. The molecule has 0 aliphatic carbocycles. The quantitative estimate of drug-likeness (QED) is 0.793. The zero-order chi connectivity index (χ0) is 14.8. The molecule has 2 rings (SSSR count). The summed E-state index contributed by atoms with van der Waals surface area (Å²) in [5.74, 6) is -0.583. The van der Waals surface area contributed by atoms with Crippen LogP contribution in [0.25, 0.3) is 10.8 Å². The molecule has 0 amide bonds. The number of halogens is 3. The molecule has 1 atom stereocenters. The summed E-state index contributed by atoms with van der Waals surface area (Å²) in [6.45, 7) is 0. The van der Waals surface area contributed by atoms with E-state index in [0.29, 0.717) is 0 Å². The summed E-state index contributed by atoms with van der Waals surface area (Å²) in [5.41, 5.74) is 0.259. The minimum atomic E-state index is -4.54. The lowest BCUT2D eigenvalue weighted by Gasteiger charge is -2.17. The van der Waals surface area contributed by atoms with Crippen molar-refractivity contribution in [3.05, 3.63) is 48.0 Å². The highest BCUT2D eigenvalue weighted by Gasteiger charge is 2.41. The van der Waals surface area contributed by atoms with Gasteiger partial charge in [-0.25, -0.2) is 0 Å². The molecule has 2 aromatic carbocycles. The van der Waals surface area contributed by atoms with Gasteiger partial charge < -0.3 is 4.74 Å². The summed E-state index contributed by atoms with van der Waals surface area (Å²) < 4.78 is 42.1. The number of hydrogen-bond acceptors (Lipinski definition) is 2. The van der Waals surface area contributed by atoms with Crippen molar-refractivity contribution in [3.63, 3.8) is 0 Å². The van der Waals surface area contributed by atoms with Gasteiger partial charge in [0, 0.05) is 19.1 Å². The first-order valence-corrected chi connectivity index (χ1v) is 6.03. The van der Waals surface area contributed by atoms with E-state index in [1.807, 2.05) is 24.3 Å². The average Bonchev–Trinajstić information content (AvgIpc) is 2.42. The predicted molar refractivity (Wildman–Crippen MR) is 69.7 cm³/mol. The number of fused-ring (bicyclic) bond motifs is 1.